The van der Waals surface area contributed by atoms with Gasteiger partial charge in [0.05, 0.1) is 8.07 Å². The minimum absolute atomic E-state index is 1.11. The summed E-state index contributed by atoms with van der Waals surface area (Å²) in [6.45, 7) is 9.39. The van der Waals surface area contributed by atoms with Gasteiger partial charge in [0.25, 0.3) is 0 Å². The van der Waals surface area contributed by atoms with E-state index in [1.54, 1.807) is 5.20 Å². The summed E-state index contributed by atoms with van der Waals surface area (Å²) < 4.78 is 0. The Bertz CT molecular complexity index is 304. The molecule has 0 aliphatic rings. The second-order valence-electron chi connectivity index (χ2n) is 4.73. The number of benzene rings is 1. The maximum atomic E-state index is 2.41. The highest BCUT2D eigenvalue weighted by atomic mass is 28.3. The molecule has 76 valence electrons. The van der Waals surface area contributed by atoms with Crippen molar-refractivity contribution in [1.29, 1.82) is 0 Å². The van der Waals surface area contributed by atoms with Crippen molar-refractivity contribution in [3.8, 4) is 0 Å². The summed E-state index contributed by atoms with van der Waals surface area (Å²) in [5.41, 5.74) is 1.43. The summed E-state index contributed by atoms with van der Waals surface area (Å²) >= 11 is 0. The molecule has 1 heteroatoms. The van der Waals surface area contributed by atoms with E-state index >= 15 is 0 Å². The summed E-state index contributed by atoms with van der Waals surface area (Å²) in [5.74, 6) is 0. The van der Waals surface area contributed by atoms with Gasteiger partial charge in [-0.1, -0.05) is 61.2 Å². The van der Waals surface area contributed by atoms with Crippen LogP contribution < -0.4 is 0 Å². The van der Waals surface area contributed by atoms with E-state index in [1.165, 1.54) is 5.56 Å². The molecular formula is C13H20Si. The van der Waals surface area contributed by atoms with Crippen LogP contribution in [0.2, 0.25) is 19.6 Å². The molecule has 0 nitrogen and oxygen atoms in total. The molecule has 0 bridgehead atoms. The molecule has 1 rings (SSSR count). The summed E-state index contributed by atoms with van der Waals surface area (Å²) in [4.78, 5) is 0. The molecule has 0 atom stereocenters. The number of rotatable bonds is 3. The Balaban J connectivity index is 2.78. The molecular weight excluding hydrogens is 184 g/mol. The average Bonchev–Trinajstić information content (AvgIpc) is 2.14. The number of hydrogen-bond donors (Lipinski definition) is 0. The van der Waals surface area contributed by atoms with Gasteiger partial charge in [-0.25, -0.2) is 0 Å². The van der Waals surface area contributed by atoms with Crippen molar-refractivity contribution in [2.24, 2.45) is 0 Å². The molecule has 0 saturated carbocycles. The molecule has 0 aliphatic carbocycles. The lowest BCUT2D eigenvalue weighted by Gasteiger charge is -2.20. The van der Waals surface area contributed by atoms with Crippen LogP contribution in [0, 0.1) is 0 Å². The van der Waals surface area contributed by atoms with Crippen molar-refractivity contribution < 1.29 is 0 Å². The highest BCUT2D eigenvalue weighted by molar-refractivity contribution is 6.83. The fourth-order valence-electron chi connectivity index (χ4n) is 1.62. The van der Waals surface area contributed by atoms with Crippen molar-refractivity contribution in [1.82, 2.24) is 0 Å². The molecule has 0 amide bonds. The topological polar surface area (TPSA) is 0 Å². The lowest BCUT2D eigenvalue weighted by molar-refractivity contribution is 1.20. The van der Waals surface area contributed by atoms with Gasteiger partial charge in [0.15, 0.2) is 0 Å². The molecule has 0 N–H and O–H groups in total. The highest BCUT2D eigenvalue weighted by Gasteiger charge is 2.18. The van der Waals surface area contributed by atoms with Crippen LogP contribution in [-0.4, -0.2) is 8.07 Å². The van der Waals surface area contributed by atoms with Gasteiger partial charge in [0.1, 0.15) is 0 Å². The third-order valence-corrected chi connectivity index (χ3v) is 4.94. The first-order chi connectivity index (χ1) is 6.54. The molecule has 1 aromatic carbocycles. The Morgan fingerprint density at radius 1 is 1.14 bits per heavy atom. The van der Waals surface area contributed by atoms with Gasteiger partial charge < -0.3 is 0 Å². The van der Waals surface area contributed by atoms with E-state index in [-0.39, 0.29) is 0 Å². The zero-order chi connectivity index (χ0) is 10.6. The third-order valence-electron chi connectivity index (χ3n) is 2.55. The molecule has 0 aromatic heterocycles. The molecule has 0 spiro atoms. The van der Waals surface area contributed by atoms with E-state index in [4.69, 9.17) is 0 Å². The Kier molecular flexibility index (Phi) is 3.70. The van der Waals surface area contributed by atoms with Gasteiger partial charge in [0.2, 0.25) is 0 Å². The Morgan fingerprint density at radius 2 is 1.71 bits per heavy atom. The van der Waals surface area contributed by atoms with Crippen molar-refractivity contribution >= 4 is 8.07 Å². The predicted molar refractivity (Wildman–Crippen MR) is 67.2 cm³/mol. The first-order valence-electron chi connectivity index (χ1n) is 5.23. The Labute approximate surface area is 88.7 Å². The molecule has 0 saturated heterocycles. The standard InChI is InChI=1S/C13H20Si/c1-5-13(14(2,3)4)11-12-9-7-6-8-10-12/h5-10H,11H2,1-4H3/b13-5-. The van der Waals surface area contributed by atoms with Gasteiger partial charge in [-0.15, -0.1) is 0 Å². The lowest BCUT2D eigenvalue weighted by Crippen LogP contribution is -2.25. The van der Waals surface area contributed by atoms with Crippen LogP contribution in [0.3, 0.4) is 0 Å². The predicted octanol–water partition coefficient (Wildman–Crippen LogP) is 4.05. The SMILES string of the molecule is C/C=C(/Cc1ccccc1)[Si](C)(C)C. The second-order valence-corrected chi connectivity index (χ2v) is 9.87. The first kappa shape index (κ1) is 11.3. The fourth-order valence-corrected chi connectivity index (χ4v) is 3.22. The van der Waals surface area contributed by atoms with E-state index in [0.29, 0.717) is 0 Å². The maximum Gasteiger partial charge on any atom is 0.0724 e. The summed E-state index contributed by atoms with van der Waals surface area (Å²) in [5, 5.41) is 1.64. The minimum atomic E-state index is -1.11. The van der Waals surface area contributed by atoms with Crippen molar-refractivity contribution in [2.75, 3.05) is 0 Å². The smallest absolute Gasteiger partial charge is 0.0724 e. The van der Waals surface area contributed by atoms with Crippen LogP contribution in [0.25, 0.3) is 0 Å². The summed E-state index contributed by atoms with van der Waals surface area (Å²) in [6, 6.07) is 10.7. The van der Waals surface area contributed by atoms with E-state index in [9.17, 15) is 0 Å². The van der Waals surface area contributed by atoms with E-state index in [2.05, 4.69) is 63.0 Å². The van der Waals surface area contributed by atoms with Crippen molar-refractivity contribution in [3.05, 3.63) is 47.2 Å². The Hall–Kier alpha value is -0.823. The van der Waals surface area contributed by atoms with E-state index < -0.39 is 8.07 Å². The van der Waals surface area contributed by atoms with Crippen LogP contribution in [0.1, 0.15) is 12.5 Å². The van der Waals surface area contributed by atoms with Gasteiger partial charge in [-0.2, -0.15) is 0 Å². The average molecular weight is 204 g/mol. The largest absolute Gasteiger partial charge is 0.0920 e. The van der Waals surface area contributed by atoms with Crippen LogP contribution in [0.4, 0.5) is 0 Å². The normalized spacial score (nSPS) is 13.0. The van der Waals surface area contributed by atoms with Crippen molar-refractivity contribution in [2.45, 2.75) is 33.0 Å². The fraction of sp³-hybridized carbons (Fsp3) is 0.385. The number of hydrogen-bond acceptors (Lipinski definition) is 0. The third kappa shape index (κ3) is 3.15. The summed E-state index contributed by atoms with van der Waals surface area (Å²) in [6.07, 6.45) is 3.44. The minimum Gasteiger partial charge on any atom is -0.0920 e. The van der Waals surface area contributed by atoms with E-state index in [0.717, 1.165) is 6.42 Å². The van der Waals surface area contributed by atoms with Gasteiger partial charge in [-0.05, 0) is 18.9 Å². The second kappa shape index (κ2) is 4.60. The zero-order valence-corrected chi connectivity index (χ0v) is 10.7. The van der Waals surface area contributed by atoms with Gasteiger partial charge in [0, 0.05) is 0 Å². The van der Waals surface area contributed by atoms with E-state index in [1.807, 2.05) is 0 Å². The Morgan fingerprint density at radius 3 is 2.14 bits per heavy atom. The molecule has 0 unspecified atom stereocenters. The first-order valence-corrected chi connectivity index (χ1v) is 8.73. The molecule has 1 aromatic rings. The maximum absolute atomic E-state index is 2.41. The quantitative estimate of drug-likeness (QED) is 0.652. The lowest BCUT2D eigenvalue weighted by atomic mass is 10.1. The van der Waals surface area contributed by atoms with Crippen LogP contribution in [-0.2, 0) is 6.42 Å². The molecule has 0 aliphatic heterocycles. The van der Waals surface area contributed by atoms with Gasteiger partial charge in [-0.3, -0.25) is 0 Å². The molecule has 0 fully saturated rings. The summed E-state index contributed by atoms with van der Waals surface area (Å²) in [7, 11) is -1.11. The van der Waals surface area contributed by atoms with Gasteiger partial charge >= 0.3 is 0 Å². The number of allylic oxidation sites excluding steroid dienone is 2. The molecule has 0 heterocycles. The van der Waals surface area contributed by atoms with Crippen LogP contribution in [0.15, 0.2) is 41.6 Å². The monoisotopic (exact) mass is 204 g/mol. The molecule has 0 radical (unpaired) electrons. The molecule has 14 heavy (non-hydrogen) atoms. The van der Waals surface area contributed by atoms with Crippen LogP contribution in [0.5, 0.6) is 0 Å². The zero-order valence-electron chi connectivity index (χ0n) is 9.67. The van der Waals surface area contributed by atoms with Crippen LogP contribution >= 0.6 is 0 Å². The highest BCUT2D eigenvalue weighted by Crippen LogP contribution is 2.19. The van der Waals surface area contributed by atoms with Crippen molar-refractivity contribution in [3.63, 3.8) is 0 Å².